The molecule has 112 valence electrons. The van der Waals surface area contributed by atoms with E-state index >= 15 is 0 Å². The first kappa shape index (κ1) is 15.4. The molecular formula is C13H21N3O3S. The lowest BCUT2D eigenvalue weighted by atomic mass is 9.94. The Balaban J connectivity index is 2.05. The third-order valence-electron chi connectivity index (χ3n) is 3.63. The van der Waals surface area contributed by atoms with Crippen LogP contribution in [0.5, 0.6) is 0 Å². The summed E-state index contributed by atoms with van der Waals surface area (Å²) >= 11 is 0. The van der Waals surface area contributed by atoms with Gasteiger partial charge in [-0.15, -0.1) is 0 Å². The first-order valence-corrected chi connectivity index (χ1v) is 8.26. The van der Waals surface area contributed by atoms with E-state index in [0.29, 0.717) is 31.4 Å². The largest absolute Gasteiger partial charge is 0.381 e. The van der Waals surface area contributed by atoms with Gasteiger partial charge in [-0.05, 0) is 37.8 Å². The summed E-state index contributed by atoms with van der Waals surface area (Å²) in [6.07, 6.45) is 3.11. The molecule has 0 spiro atoms. The summed E-state index contributed by atoms with van der Waals surface area (Å²) in [5, 5.41) is 0. The zero-order valence-corrected chi connectivity index (χ0v) is 12.4. The van der Waals surface area contributed by atoms with Gasteiger partial charge >= 0.3 is 0 Å². The van der Waals surface area contributed by atoms with Gasteiger partial charge in [0, 0.05) is 32.0 Å². The molecule has 2 rings (SSSR count). The van der Waals surface area contributed by atoms with Crippen molar-refractivity contribution in [3.8, 4) is 0 Å². The van der Waals surface area contributed by atoms with Gasteiger partial charge in [-0.2, -0.15) is 0 Å². The van der Waals surface area contributed by atoms with E-state index in [-0.39, 0.29) is 10.9 Å². The average Bonchev–Trinajstić information content (AvgIpc) is 2.48. The molecular weight excluding hydrogens is 278 g/mol. The molecule has 1 aromatic heterocycles. The van der Waals surface area contributed by atoms with E-state index in [9.17, 15) is 8.42 Å². The Hall–Kier alpha value is -1.02. The third-order valence-corrected chi connectivity index (χ3v) is 5.18. The van der Waals surface area contributed by atoms with Gasteiger partial charge in [0.15, 0.2) is 0 Å². The van der Waals surface area contributed by atoms with Crippen LogP contribution in [0.4, 0.5) is 0 Å². The highest BCUT2D eigenvalue weighted by molar-refractivity contribution is 7.89. The monoisotopic (exact) mass is 299 g/mol. The summed E-state index contributed by atoms with van der Waals surface area (Å²) in [7, 11) is -3.53. The molecule has 0 saturated carbocycles. The molecule has 1 fully saturated rings. The van der Waals surface area contributed by atoms with Crippen LogP contribution < -0.4 is 10.5 Å². The molecule has 0 aliphatic carbocycles. The molecule has 0 radical (unpaired) electrons. The molecule has 1 aliphatic heterocycles. The summed E-state index contributed by atoms with van der Waals surface area (Å²) in [6.45, 7) is 3.59. The van der Waals surface area contributed by atoms with Gasteiger partial charge in [-0.1, -0.05) is 0 Å². The molecule has 1 saturated heterocycles. The van der Waals surface area contributed by atoms with E-state index in [1.54, 1.807) is 6.07 Å². The van der Waals surface area contributed by atoms with E-state index in [1.807, 2.05) is 6.92 Å². The number of sulfonamides is 1. The minimum atomic E-state index is -3.53. The van der Waals surface area contributed by atoms with Crippen molar-refractivity contribution in [2.45, 2.75) is 37.2 Å². The maximum absolute atomic E-state index is 12.3. The Bertz CT molecular complexity index is 524. The van der Waals surface area contributed by atoms with E-state index in [0.717, 1.165) is 12.8 Å². The van der Waals surface area contributed by atoms with Gasteiger partial charge < -0.3 is 10.5 Å². The van der Waals surface area contributed by atoms with Crippen LogP contribution in [-0.4, -0.2) is 32.7 Å². The lowest BCUT2D eigenvalue weighted by Crippen LogP contribution is -2.40. The van der Waals surface area contributed by atoms with Crippen molar-refractivity contribution in [2.24, 2.45) is 11.7 Å². The lowest BCUT2D eigenvalue weighted by molar-refractivity contribution is 0.0585. The zero-order chi connectivity index (χ0) is 14.6. The normalized spacial score (nSPS) is 18.9. The molecule has 6 nitrogen and oxygen atoms in total. The second kappa shape index (κ2) is 6.62. The predicted molar refractivity (Wildman–Crippen MR) is 75.5 cm³/mol. The SMILES string of the molecule is CC(NS(=O)(=O)c1ccc(CN)nc1)C1CCOCC1. The number of hydrogen-bond acceptors (Lipinski definition) is 5. The smallest absolute Gasteiger partial charge is 0.242 e. The van der Waals surface area contributed by atoms with Gasteiger partial charge in [0.25, 0.3) is 0 Å². The van der Waals surface area contributed by atoms with Crippen molar-refractivity contribution in [3.05, 3.63) is 24.0 Å². The quantitative estimate of drug-likeness (QED) is 0.832. The van der Waals surface area contributed by atoms with Crippen LogP contribution in [0.15, 0.2) is 23.2 Å². The fourth-order valence-electron chi connectivity index (χ4n) is 2.32. The Kier molecular flexibility index (Phi) is 5.09. The second-order valence-corrected chi connectivity index (χ2v) is 6.76. The van der Waals surface area contributed by atoms with Gasteiger partial charge in [-0.3, -0.25) is 4.98 Å². The number of aromatic nitrogens is 1. The molecule has 0 bridgehead atoms. The number of nitrogens with zero attached hydrogens (tertiary/aromatic N) is 1. The maximum atomic E-state index is 12.3. The Morgan fingerprint density at radius 3 is 2.70 bits per heavy atom. The summed E-state index contributed by atoms with van der Waals surface area (Å²) in [6, 6.07) is 3.06. The third kappa shape index (κ3) is 3.76. The summed E-state index contributed by atoms with van der Waals surface area (Å²) < 4.78 is 32.6. The van der Waals surface area contributed by atoms with Crippen molar-refractivity contribution < 1.29 is 13.2 Å². The number of nitrogens with one attached hydrogen (secondary N) is 1. The molecule has 1 atom stereocenters. The van der Waals surface area contributed by atoms with Crippen molar-refractivity contribution in [1.29, 1.82) is 0 Å². The first-order chi connectivity index (χ1) is 9.53. The number of nitrogens with two attached hydrogens (primary N) is 1. The van der Waals surface area contributed by atoms with Crippen LogP contribution in [0, 0.1) is 5.92 Å². The fraction of sp³-hybridized carbons (Fsp3) is 0.615. The number of hydrogen-bond donors (Lipinski definition) is 2. The molecule has 2 heterocycles. The Labute approximate surface area is 119 Å². The lowest BCUT2D eigenvalue weighted by Gasteiger charge is -2.28. The standard InChI is InChI=1S/C13H21N3O3S/c1-10(11-4-6-19-7-5-11)16-20(17,18)13-3-2-12(8-14)15-9-13/h2-3,9-11,16H,4-8,14H2,1H3. The molecule has 1 unspecified atom stereocenters. The molecule has 20 heavy (non-hydrogen) atoms. The number of pyridine rings is 1. The highest BCUT2D eigenvalue weighted by atomic mass is 32.2. The summed E-state index contributed by atoms with van der Waals surface area (Å²) in [4.78, 5) is 4.19. The van der Waals surface area contributed by atoms with Crippen LogP contribution in [-0.2, 0) is 21.3 Å². The average molecular weight is 299 g/mol. The van der Waals surface area contributed by atoms with Crippen LogP contribution >= 0.6 is 0 Å². The summed E-state index contributed by atoms with van der Waals surface area (Å²) in [5.74, 6) is 0.315. The zero-order valence-electron chi connectivity index (χ0n) is 11.6. The van der Waals surface area contributed by atoms with E-state index in [4.69, 9.17) is 10.5 Å². The fourth-order valence-corrected chi connectivity index (χ4v) is 3.57. The van der Waals surface area contributed by atoms with E-state index in [2.05, 4.69) is 9.71 Å². The van der Waals surface area contributed by atoms with E-state index in [1.165, 1.54) is 12.3 Å². The van der Waals surface area contributed by atoms with Gasteiger partial charge in [0.1, 0.15) is 4.90 Å². The predicted octanol–water partition coefficient (Wildman–Crippen LogP) is 0.634. The summed E-state index contributed by atoms with van der Waals surface area (Å²) in [5.41, 5.74) is 6.12. The van der Waals surface area contributed by atoms with Crippen LogP contribution in [0.2, 0.25) is 0 Å². The Morgan fingerprint density at radius 1 is 1.45 bits per heavy atom. The van der Waals surface area contributed by atoms with Crippen LogP contribution in [0.1, 0.15) is 25.5 Å². The molecule has 0 amide bonds. The van der Waals surface area contributed by atoms with Crippen molar-refractivity contribution >= 4 is 10.0 Å². The Morgan fingerprint density at radius 2 is 2.15 bits per heavy atom. The minimum Gasteiger partial charge on any atom is -0.381 e. The number of ether oxygens (including phenoxy) is 1. The van der Waals surface area contributed by atoms with Gasteiger partial charge in [-0.25, -0.2) is 13.1 Å². The minimum absolute atomic E-state index is 0.113. The van der Waals surface area contributed by atoms with Crippen molar-refractivity contribution in [1.82, 2.24) is 9.71 Å². The van der Waals surface area contributed by atoms with Crippen molar-refractivity contribution in [3.63, 3.8) is 0 Å². The highest BCUT2D eigenvalue weighted by Crippen LogP contribution is 2.20. The molecule has 1 aliphatic rings. The van der Waals surface area contributed by atoms with Crippen molar-refractivity contribution in [2.75, 3.05) is 13.2 Å². The van der Waals surface area contributed by atoms with Gasteiger partial charge in [0.05, 0.1) is 5.69 Å². The topological polar surface area (TPSA) is 94.3 Å². The van der Waals surface area contributed by atoms with Crippen LogP contribution in [0.25, 0.3) is 0 Å². The second-order valence-electron chi connectivity index (χ2n) is 5.05. The maximum Gasteiger partial charge on any atom is 0.242 e. The molecule has 1 aromatic rings. The highest BCUT2D eigenvalue weighted by Gasteiger charge is 2.25. The van der Waals surface area contributed by atoms with E-state index < -0.39 is 10.0 Å². The number of rotatable bonds is 5. The molecule has 3 N–H and O–H groups in total. The van der Waals surface area contributed by atoms with Gasteiger partial charge in [0.2, 0.25) is 10.0 Å². The van der Waals surface area contributed by atoms with Crippen LogP contribution in [0.3, 0.4) is 0 Å². The molecule has 7 heteroatoms. The first-order valence-electron chi connectivity index (χ1n) is 6.78. The molecule has 0 aromatic carbocycles.